The molecule has 0 aromatic heterocycles. The molecule has 1 aliphatic heterocycles. The lowest BCUT2D eigenvalue weighted by Gasteiger charge is -2.39. The van der Waals surface area contributed by atoms with E-state index in [-0.39, 0.29) is 17.7 Å². The fourth-order valence-corrected chi connectivity index (χ4v) is 6.37. The quantitative estimate of drug-likeness (QED) is 0.230. The van der Waals surface area contributed by atoms with E-state index in [9.17, 15) is 14.4 Å². The lowest BCUT2D eigenvalue weighted by Crippen LogP contribution is -2.57. The van der Waals surface area contributed by atoms with Crippen LogP contribution < -0.4 is 0 Å². The van der Waals surface area contributed by atoms with Crippen LogP contribution in [-0.4, -0.2) is 97.2 Å². The van der Waals surface area contributed by atoms with Crippen LogP contribution in [0.2, 0.25) is 0 Å². The van der Waals surface area contributed by atoms with Gasteiger partial charge in [0.1, 0.15) is 12.1 Å². The third kappa shape index (κ3) is 9.52. The number of likely N-dealkylation sites (N-methyl/N-ethyl adjacent to an activating group) is 2. The molecule has 7 nitrogen and oxygen atoms in total. The van der Waals surface area contributed by atoms with Crippen molar-refractivity contribution in [2.45, 2.75) is 58.0 Å². The SMILES string of the molecule is CC(C)CC=CC(=O)N(C)[C@H](Cc1ccc2ccccc2c1)C(=O)N(C)[C@H](Cc1ccccc1)C(=O)N1CCC(CN(C)C)CC1. The number of piperidine rings is 1. The molecule has 1 fully saturated rings. The van der Waals surface area contributed by atoms with Gasteiger partial charge in [-0.25, -0.2) is 0 Å². The van der Waals surface area contributed by atoms with Crippen LogP contribution in [0.25, 0.3) is 10.8 Å². The highest BCUT2D eigenvalue weighted by Gasteiger charge is 2.37. The highest BCUT2D eigenvalue weighted by atomic mass is 16.2. The number of nitrogens with zero attached hydrogens (tertiary/aromatic N) is 4. The Morgan fingerprint density at radius 2 is 1.41 bits per heavy atom. The maximum Gasteiger partial charge on any atom is 0.246 e. The molecule has 1 heterocycles. The van der Waals surface area contributed by atoms with Gasteiger partial charge in [-0.3, -0.25) is 14.4 Å². The molecule has 7 heteroatoms. The minimum absolute atomic E-state index is 0.0294. The Bertz CT molecular complexity index is 1480. The first kappa shape index (κ1) is 34.9. The third-order valence-corrected chi connectivity index (χ3v) is 9.13. The van der Waals surface area contributed by atoms with Gasteiger partial charge in [0, 0.05) is 46.6 Å². The minimum atomic E-state index is -0.778. The number of hydrogen-bond acceptors (Lipinski definition) is 4. The summed E-state index contributed by atoms with van der Waals surface area (Å²) in [5.41, 5.74) is 1.96. The molecule has 0 radical (unpaired) electrons. The van der Waals surface area contributed by atoms with Crippen molar-refractivity contribution in [1.82, 2.24) is 19.6 Å². The standard InChI is InChI=1S/C39H52N4O3/c1-29(2)13-12-18-37(44)41(5)35(27-32-19-20-33-16-10-11-17-34(33)25-32)38(45)42(6)36(26-30-14-8-7-9-15-30)39(46)43-23-21-31(22-24-43)28-40(3)4/h7-12,14-20,25,29,31,35-36H,13,21-24,26-28H2,1-6H3/t35-,36-/m1/s1. The van der Waals surface area contributed by atoms with E-state index in [4.69, 9.17) is 0 Å². The highest BCUT2D eigenvalue weighted by Crippen LogP contribution is 2.23. The number of carbonyl (C=O) groups is 3. The number of benzene rings is 3. The second kappa shape index (κ2) is 16.5. The van der Waals surface area contributed by atoms with Gasteiger partial charge in [0.2, 0.25) is 17.7 Å². The van der Waals surface area contributed by atoms with Gasteiger partial charge in [0.05, 0.1) is 0 Å². The topological polar surface area (TPSA) is 64.2 Å². The second-order valence-corrected chi connectivity index (χ2v) is 13.6. The molecule has 3 amide bonds. The average molecular weight is 625 g/mol. The van der Waals surface area contributed by atoms with E-state index in [1.54, 1.807) is 30.0 Å². The molecule has 0 spiro atoms. The van der Waals surface area contributed by atoms with Gasteiger partial charge in [-0.05, 0) is 73.2 Å². The van der Waals surface area contributed by atoms with Crippen molar-refractivity contribution in [3.8, 4) is 0 Å². The Kier molecular flexibility index (Phi) is 12.6. The number of rotatable bonds is 13. The maximum atomic E-state index is 14.6. The molecule has 1 saturated heterocycles. The minimum Gasteiger partial charge on any atom is -0.341 e. The number of hydrogen-bond donors (Lipinski definition) is 0. The first-order chi connectivity index (χ1) is 22.0. The van der Waals surface area contributed by atoms with Crippen molar-refractivity contribution in [2.24, 2.45) is 11.8 Å². The van der Waals surface area contributed by atoms with Crippen LogP contribution in [0.4, 0.5) is 0 Å². The predicted octanol–water partition coefficient (Wildman–Crippen LogP) is 5.68. The van der Waals surface area contributed by atoms with Crippen LogP contribution in [-0.2, 0) is 27.2 Å². The maximum absolute atomic E-state index is 14.6. The largest absolute Gasteiger partial charge is 0.341 e. The van der Waals surface area contributed by atoms with E-state index in [1.807, 2.05) is 59.5 Å². The smallest absolute Gasteiger partial charge is 0.246 e. The molecular formula is C39H52N4O3. The average Bonchev–Trinajstić information content (AvgIpc) is 3.05. The Morgan fingerprint density at radius 1 is 0.783 bits per heavy atom. The molecule has 3 aromatic rings. The van der Waals surface area contributed by atoms with Gasteiger partial charge in [0.25, 0.3) is 0 Å². The van der Waals surface area contributed by atoms with Gasteiger partial charge in [-0.2, -0.15) is 0 Å². The van der Waals surface area contributed by atoms with Crippen molar-refractivity contribution in [1.29, 1.82) is 0 Å². The zero-order valence-corrected chi connectivity index (χ0v) is 28.6. The molecule has 0 bridgehead atoms. The summed E-state index contributed by atoms with van der Waals surface area (Å²) in [6, 6.07) is 22.7. The first-order valence-corrected chi connectivity index (χ1v) is 16.7. The molecule has 0 N–H and O–H groups in total. The molecule has 1 aliphatic rings. The first-order valence-electron chi connectivity index (χ1n) is 16.7. The zero-order valence-electron chi connectivity index (χ0n) is 28.6. The fraction of sp³-hybridized carbons (Fsp3) is 0.462. The summed E-state index contributed by atoms with van der Waals surface area (Å²) in [6.45, 7) is 6.59. The molecular weight excluding hydrogens is 572 g/mol. The normalized spacial score (nSPS) is 15.4. The van der Waals surface area contributed by atoms with E-state index in [0.29, 0.717) is 37.8 Å². The summed E-state index contributed by atoms with van der Waals surface area (Å²) >= 11 is 0. The molecule has 0 unspecified atom stereocenters. The van der Waals surface area contributed by atoms with Crippen molar-refractivity contribution < 1.29 is 14.4 Å². The Balaban J connectivity index is 1.62. The lowest BCUT2D eigenvalue weighted by molar-refractivity contribution is -0.149. The zero-order chi connectivity index (χ0) is 33.2. The van der Waals surface area contributed by atoms with Crippen LogP contribution in [0, 0.1) is 11.8 Å². The molecule has 4 rings (SSSR count). The van der Waals surface area contributed by atoms with Gasteiger partial charge in [-0.15, -0.1) is 0 Å². The summed E-state index contributed by atoms with van der Waals surface area (Å²) in [6.07, 6.45) is 6.89. The van der Waals surface area contributed by atoms with Crippen LogP contribution in [0.1, 0.15) is 44.2 Å². The van der Waals surface area contributed by atoms with E-state index < -0.39 is 12.1 Å². The van der Waals surface area contributed by atoms with E-state index in [2.05, 4.69) is 57.1 Å². The number of fused-ring (bicyclic) bond motifs is 1. The highest BCUT2D eigenvalue weighted by molar-refractivity contribution is 5.95. The Labute approximate surface area is 275 Å². The van der Waals surface area contributed by atoms with Gasteiger partial charge in [0.15, 0.2) is 0 Å². The second-order valence-electron chi connectivity index (χ2n) is 13.6. The van der Waals surface area contributed by atoms with Crippen LogP contribution in [0.5, 0.6) is 0 Å². The number of amides is 3. The van der Waals surface area contributed by atoms with E-state index in [0.717, 1.165) is 47.7 Å². The molecule has 46 heavy (non-hydrogen) atoms. The third-order valence-electron chi connectivity index (χ3n) is 9.13. The monoisotopic (exact) mass is 624 g/mol. The summed E-state index contributed by atoms with van der Waals surface area (Å²) < 4.78 is 0. The lowest BCUT2D eigenvalue weighted by atomic mass is 9.94. The Hall–Kier alpha value is -3.97. The van der Waals surface area contributed by atoms with Crippen LogP contribution in [0.3, 0.4) is 0 Å². The molecule has 0 aliphatic carbocycles. The summed E-state index contributed by atoms with van der Waals surface area (Å²) in [5, 5.41) is 2.20. The molecule has 3 aromatic carbocycles. The van der Waals surface area contributed by atoms with Gasteiger partial charge >= 0.3 is 0 Å². The van der Waals surface area contributed by atoms with Gasteiger partial charge < -0.3 is 19.6 Å². The van der Waals surface area contributed by atoms with Crippen molar-refractivity contribution >= 4 is 28.5 Å². The number of likely N-dealkylation sites (tertiary alicyclic amines) is 1. The van der Waals surface area contributed by atoms with Crippen LogP contribution in [0.15, 0.2) is 84.9 Å². The summed E-state index contributed by atoms with van der Waals surface area (Å²) in [4.78, 5) is 49.5. The van der Waals surface area contributed by atoms with Gasteiger partial charge in [-0.1, -0.05) is 92.7 Å². The predicted molar refractivity (Wildman–Crippen MR) is 187 cm³/mol. The summed E-state index contributed by atoms with van der Waals surface area (Å²) in [7, 11) is 7.60. The molecule has 246 valence electrons. The number of allylic oxidation sites excluding steroid dienone is 1. The van der Waals surface area contributed by atoms with Crippen molar-refractivity contribution in [2.75, 3.05) is 47.8 Å². The van der Waals surface area contributed by atoms with Crippen molar-refractivity contribution in [3.05, 3.63) is 96.1 Å². The summed E-state index contributed by atoms with van der Waals surface area (Å²) in [5.74, 6) is 0.493. The van der Waals surface area contributed by atoms with Crippen LogP contribution >= 0.6 is 0 Å². The fourth-order valence-electron chi connectivity index (χ4n) is 6.37. The van der Waals surface area contributed by atoms with E-state index >= 15 is 0 Å². The molecule has 2 atom stereocenters. The number of carbonyl (C=O) groups excluding carboxylic acids is 3. The molecule has 0 saturated carbocycles. The Morgan fingerprint density at radius 3 is 2.07 bits per heavy atom. The van der Waals surface area contributed by atoms with Crippen molar-refractivity contribution in [3.63, 3.8) is 0 Å². The van der Waals surface area contributed by atoms with E-state index in [1.165, 1.54) is 0 Å².